The average Bonchev–Trinajstić information content (AvgIpc) is 2.21. The first-order valence-electron chi connectivity index (χ1n) is 4.03. The van der Waals surface area contributed by atoms with Gasteiger partial charge in [-0.3, -0.25) is 0 Å². The van der Waals surface area contributed by atoms with Gasteiger partial charge in [0.2, 0.25) is 0 Å². The molecule has 0 fully saturated rings. The van der Waals surface area contributed by atoms with Gasteiger partial charge in [0.25, 0.3) is 0 Å². The molecule has 4 unspecified atom stereocenters. The van der Waals surface area contributed by atoms with Crippen molar-refractivity contribution >= 4 is 14.1 Å². The van der Waals surface area contributed by atoms with Gasteiger partial charge in [0.05, 0.1) is 14.4 Å². The fraction of sp³-hybridized carbons (Fsp3) is 0.833. The Bertz CT molecular complexity index is 273. The fourth-order valence-corrected chi connectivity index (χ4v) is 1.11. The molecule has 0 bridgehead atoms. The SMILES string of the molecule is O.O=CC(O)C(O)C(O)C(O)COP(=O)([O-])[O-].[K+].[K+]. The maximum absolute atomic E-state index is 10.0. The van der Waals surface area contributed by atoms with Crippen LogP contribution >= 0.6 is 7.82 Å². The molecule has 6 N–H and O–H groups in total. The number of aliphatic hydroxyl groups excluding tert-OH is 4. The summed E-state index contributed by atoms with van der Waals surface area (Å²) in [6, 6.07) is 0. The minimum absolute atomic E-state index is 0. The van der Waals surface area contributed by atoms with E-state index in [1.165, 1.54) is 0 Å². The summed E-state index contributed by atoms with van der Waals surface area (Å²) in [6.45, 7) is -1.09. The largest absolute Gasteiger partial charge is 1.00 e. The van der Waals surface area contributed by atoms with Crippen LogP contribution in [-0.4, -0.2) is 63.2 Å². The first-order chi connectivity index (χ1) is 7.19. The van der Waals surface area contributed by atoms with Crippen LogP contribution in [0.15, 0.2) is 0 Å². The molecule has 0 radical (unpaired) electrons. The summed E-state index contributed by atoms with van der Waals surface area (Å²) in [6.07, 6.45) is -8.04. The number of carbonyl (C=O) groups excluding carboxylic acids is 1. The summed E-state index contributed by atoms with van der Waals surface area (Å²) in [4.78, 5) is 30.0. The van der Waals surface area contributed by atoms with Crippen molar-refractivity contribution in [3.05, 3.63) is 0 Å². The van der Waals surface area contributed by atoms with Gasteiger partial charge in [0.15, 0.2) is 6.29 Å². The van der Waals surface area contributed by atoms with Gasteiger partial charge in [-0.1, -0.05) is 0 Å². The quantitative estimate of drug-likeness (QED) is 0.194. The van der Waals surface area contributed by atoms with Crippen LogP contribution in [0, 0.1) is 0 Å². The zero-order chi connectivity index (χ0) is 12.9. The van der Waals surface area contributed by atoms with Crippen molar-refractivity contribution < 1.29 is 152 Å². The van der Waals surface area contributed by atoms with E-state index in [1.54, 1.807) is 0 Å². The Morgan fingerprint density at radius 1 is 1.11 bits per heavy atom. The van der Waals surface area contributed by atoms with Crippen molar-refractivity contribution in [1.29, 1.82) is 0 Å². The minimum atomic E-state index is -5.30. The second-order valence-electron chi connectivity index (χ2n) is 2.92. The average molecular weight is 354 g/mol. The normalized spacial score (nSPS) is 16.7. The van der Waals surface area contributed by atoms with Crippen LogP contribution in [0.1, 0.15) is 0 Å². The van der Waals surface area contributed by atoms with Gasteiger partial charge < -0.3 is 49.6 Å². The van der Waals surface area contributed by atoms with E-state index in [-0.39, 0.29) is 115 Å². The van der Waals surface area contributed by atoms with E-state index in [1.807, 2.05) is 0 Å². The van der Waals surface area contributed by atoms with Crippen LogP contribution in [0.4, 0.5) is 0 Å². The van der Waals surface area contributed by atoms with Crippen molar-refractivity contribution in [1.82, 2.24) is 0 Å². The van der Waals surface area contributed by atoms with Gasteiger partial charge in [0, 0.05) is 0 Å². The van der Waals surface area contributed by atoms with Crippen molar-refractivity contribution in [2.24, 2.45) is 0 Å². The molecular formula is C6H13K2O10P. The van der Waals surface area contributed by atoms with Gasteiger partial charge in [-0.25, -0.2) is 0 Å². The molecule has 0 aliphatic carbocycles. The third-order valence-electron chi connectivity index (χ3n) is 1.64. The zero-order valence-corrected chi connectivity index (χ0v) is 17.5. The van der Waals surface area contributed by atoms with Gasteiger partial charge in [0.1, 0.15) is 24.4 Å². The molecule has 0 aromatic rings. The fourth-order valence-electron chi connectivity index (χ4n) is 0.776. The van der Waals surface area contributed by atoms with Gasteiger partial charge in [-0.05, 0) is 0 Å². The van der Waals surface area contributed by atoms with Crippen molar-refractivity contribution in [3.63, 3.8) is 0 Å². The number of carbonyl (C=O) groups is 1. The molecular weight excluding hydrogens is 341 g/mol. The summed E-state index contributed by atoms with van der Waals surface area (Å²) in [5.74, 6) is 0. The molecule has 0 amide bonds. The number of rotatable bonds is 7. The number of hydrogen-bond donors (Lipinski definition) is 4. The van der Waals surface area contributed by atoms with E-state index in [2.05, 4.69) is 4.52 Å². The molecule has 0 spiro atoms. The molecule has 0 rings (SSSR count). The molecule has 0 heterocycles. The van der Waals surface area contributed by atoms with E-state index >= 15 is 0 Å². The molecule has 19 heavy (non-hydrogen) atoms. The molecule has 0 saturated carbocycles. The van der Waals surface area contributed by atoms with Gasteiger partial charge in [-0.2, -0.15) is 0 Å². The van der Waals surface area contributed by atoms with Crippen molar-refractivity contribution in [3.8, 4) is 0 Å². The third-order valence-corrected chi connectivity index (χ3v) is 2.10. The topological polar surface area (TPSA) is 202 Å². The predicted octanol–water partition coefficient (Wildman–Crippen LogP) is -11.3. The smallest absolute Gasteiger partial charge is 0.790 e. The second kappa shape index (κ2) is 14.4. The van der Waals surface area contributed by atoms with Crippen LogP contribution in [0.2, 0.25) is 0 Å². The van der Waals surface area contributed by atoms with E-state index in [0.717, 1.165) is 0 Å². The summed E-state index contributed by atoms with van der Waals surface area (Å²) < 4.78 is 13.6. The first kappa shape index (κ1) is 29.8. The Kier molecular flexibility index (Phi) is 22.7. The molecule has 0 aromatic heterocycles. The van der Waals surface area contributed by atoms with Crippen molar-refractivity contribution in [2.75, 3.05) is 6.61 Å². The van der Waals surface area contributed by atoms with Crippen LogP contribution in [0.5, 0.6) is 0 Å². The molecule has 0 saturated heterocycles. The Labute approximate surface area is 193 Å². The molecule has 4 atom stereocenters. The summed E-state index contributed by atoms with van der Waals surface area (Å²) >= 11 is 0. The molecule has 0 aliphatic heterocycles. The van der Waals surface area contributed by atoms with E-state index in [4.69, 9.17) is 20.4 Å². The zero-order valence-electron chi connectivity index (χ0n) is 10.4. The van der Waals surface area contributed by atoms with Gasteiger partial charge >= 0.3 is 103 Å². The monoisotopic (exact) mass is 354 g/mol. The van der Waals surface area contributed by atoms with Crippen LogP contribution < -0.4 is 113 Å². The minimum Gasteiger partial charge on any atom is -0.790 e. The molecule has 0 aliphatic rings. The maximum Gasteiger partial charge on any atom is 1.00 e. The molecule has 10 nitrogen and oxygen atoms in total. The molecule has 13 heteroatoms. The van der Waals surface area contributed by atoms with Crippen LogP contribution in [0.3, 0.4) is 0 Å². The van der Waals surface area contributed by atoms with Crippen LogP contribution in [-0.2, 0) is 13.9 Å². The summed E-state index contributed by atoms with van der Waals surface area (Å²) in [5, 5.41) is 35.9. The standard InChI is InChI=1S/C6H13O9P.2K.H2O/c7-1-3(8)5(10)6(11)4(9)2-15-16(12,13)14;;;/h1,3-6,8-11H,2H2,(H2,12,13,14);;;1H2/q;2*+1;/p-2. The molecule has 104 valence electrons. The number of aldehydes is 1. The number of phosphoric acid groups is 1. The Balaban J connectivity index is -0.000000375. The van der Waals surface area contributed by atoms with E-state index < -0.39 is 38.8 Å². The van der Waals surface area contributed by atoms with Gasteiger partial charge in [-0.15, -0.1) is 0 Å². The molecule has 0 aromatic carbocycles. The van der Waals surface area contributed by atoms with E-state index in [0.29, 0.717) is 0 Å². The Hall–Kier alpha value is 2.85. The Morgan fingerprint density at radius 3 is 1.84 bits per heavy atom. The summed E-state index contributed by atoms with van der Waals surface area (Å²) in [5.41, 5.74) is 0. The van der Waals surface area contributed by atoms with E-state index in [9.17, 15) is 19.1 Å². The predicted molar refractivity (Wildman–Crippen MR) is 47.3 cm³/mol. The Morgan fingerprint density at radius 2 is 1.53 bits per heavy atom. The number of aliphatic hydroxyl groups is 4. The number of hydrogen-bond acceptors (Lipinski definition) is 9. The third kappa shape index (κ3) is 14.2. The number of phosphoric ester groups is 1. The second-order valence-corrected chi connectivity index (χ2v) is 4.07. The van der Waals surface area contributed by atoms with Crippen molar-refractivity contribution in [2.45, 2.75) is 24.4 Å². The summed E-state index contributed by atoms with van der Waals surface area (Å²) in [7, 11) is -5.30. The van der Waals surface area contributed by atoms with Crippen LogP contribution in [0.25, 0.3) is 0 Å². The maximum atomic E-state index is 10.0. The first-order valence-corrected chi connectivity index (χ1v) is 5.49.